The molecule has 0 aliphatic rings. The van der Waals surface area contributed by atoms with Crippen LogP contribution in [-0.4, -0.2) is 22.2 Å². The summed E-state index contributed by atoms with van der Waals surface area (Å²) in [5.41, 5.74) is 0.293. The lowest BCUT2D eigenvalue weighted by molar-refractivity contribution is 0.0695. The van der Waals surface area contributed by atoms with Gasteiger partial charge in [-0.2, -0.15) is 5.26 Å². The Kier molecular flexibility index (Phi) is 3.00. The molecule has 106 valence electrons. The Bertz CT molecular complexity index is 999. The molecule has 5 heteroatoms. The Balaban J connectivity index is 2.60. The number of hydrogen-bond donors (Lipinski definition) is 2. The summed E-state index contributed by atoms with van der Waals surface area (Å²) in [6.45, 7) is 0. The van der Waals surface area contributed by atoms with Crippen LogP contribution in [0.1, 0.15) is 26.3 Å². The third kappa shape index (κ3) is 1.95. The van der Waals surface area contributed by atoms with Crippen molar-refractivity contribution < 1.29 is 19.8 Å². The molecule has 3 aromatic rings. The molecule has 0 saturated heterocycles. The van der Waals surface area contributed by atoms with E-state index in [9.17, 15) is 19.8 Å². The SMILES string of the molecule is N#Cc1ccc2cc(C(=O)O)c3c(C(=O)O)cccc3c2c1. The van der Waals surface area contributed by atoms with Crippen LogP contribution < -0.4 is 0 Å². The lowest BCUT2D eigenvalue weighted by Crippen LogP contribution is -2.04. The Morgan fingerprint density at radius 3 is 2.27 bits per heavy atom. The van der Waals surface area contributed by atoms with Crippen molar-refractivity contribution in [2.45, 2.75) is 0 Å². The van der Waals surface area contributed by atoms with E-state index in [-0.39, 0.29) is 16.5 Å². The fourth-order valence-corrected chi connectivity index (χ4v) is 2.63. The molecule has 2 N–H and O–H groups in total. The van der Waals surface area contributed by atoms with Crippen LogP contribution >= 0.6 is 0 Å². The summed E-state index contributed by atoms with van der Waals surface area (Å²) in [5.74, 6) is -2.38. The summed E-state index contributed by atoms with van der Waals surface area (Å²) in [5, 5.41) is 29.7. The summed E-state index contributed by atoms with van der Waals surface area (Å²) in [7, 11) is 0. The molecule has 3 rings (SSSR count). The van der Waals surface area contributed by atoms with Gasteiger partial charge in [0.25, 0.3) is 0 Å². The van der Waals surface area contributed by atoms with Gasteiger partial charge in [0.2, 0.25) is 0 Å². The van der Waals surface area contributed by atoms with Crippen molar-refractivity contribution in [2.24, 2.45) is 0 Å². The van der Waals surface area contributed by atoms with E-state index >= 15 is 0 Å². The van der Waals surface area contributed by atoms with Gasteiger partial charge in [0.15, 0.2) is 0 Å². The van der Waals surface area contributed by atoms with Gasteiger partial charge in [-0.05, 0) is 40.4 Å². The van der Waals surface area contributed by atoms with Crippen LogP contribution in [0, 0.1) is 11.3 Å². The number of carboxylic acid groups (broad SMARTS) is 2. The maximum atomic E-state index is 11.5. The summed E-state index contributed by atoms with van der Waals surface area (Å²) >= 11 is 0. The maximum absolute atomic E-state index is 11.5. The van der Waals surface area contributed by atoms with Crippen LogP contribution in [0.4, 0.5) is 0 Å². The van der Waals surface area contributed by atoms with Crippen molar-refractivity contribution >= 4 is 33.5 Å². The number of carboxylic acids is 2. The van der Waals surface area contributed by atoms with E-state index in [0.29, 0.717) is 21.7 Å². The third-order valence-corrected chi connectivity index (χ3v) is 3.57. The molecule has 0 bridgehead atoms. The standard InChI is InChI=1S/C17H9NO4/c18-8-9-4-5-10-7-14(17(21)22)15-11(13(10)6-9)2-1-3-12(15)16(19)20/h1-7H,(H,19,20)(H,21,22). The Hall–Kier alpha value is -3.39. The highest BCUT2D eigenvalue weighted by molar-refractivity contribution is 6.20. The molecule has 3 aromatic carbocycles. The van der Waals surface area contributed by atoms with Gasteiger partial charge in [0, 0.05) is 5.39 Å². The van der Waals surface area contributed by atoms with Crippen molar-refractivity contribution in [1.82, 2.24) is 0 Å². The van der Waals surface area contributed by atoms with Crippen LogP contribution in [0.25, 0.3) is 21.5 Å². The lowest BCUT2D eigenvalue weighted by atomic mass is 9.93. The molecule has 0 amide bonds. The predicted molar refractivity (Wildman–Crippen MR) is 80.1 cm³/mol. The van der Waals surface area contributed by atoms with Crippen LogP contribution in [0.15, 0.2) is 42.5 Å². The zero-order chi connectivity index (χ0) is 15.9. The van der Waals surface area contributed by atoms with Crippen molar-refractivity contribution in [1.29, 1.82) is 5.26 Å². The highest BCUT2D eigenvalue weighted by atomic mass is 16.4. The first-order valence-electron chi connectivity index (χ1n) is 6.39. The predicted octanol–water partition coefficient (Wildman–Crippen LogP) is 3.26. The zero-order valence-electron chi connectivity index (χ0n) is 11.2. The summed E-state index contributed by atoms with van der Waals surface area (Å²) in [6.07, 6.45) is 0. The fraction of sp³-hybridized carbons (Fsp3) is 0. The second kappa shape index (κ2) is 4.86. The van der Waals surface area contributed by atoms with Crippen LogP contribution in [0.3, 0.4) is 0 Å². The molecule has 0 aromatic heterocycles. The molecular formula is C17H9NO4. The van der Waals surface area contributed by atoms with E-state index in [4.69, 9.17) is 5.26 Å². The minimum absolute atomic E-state index is 0.0646. The smallest absolute Gasteiger partial charge is 0.336 e. The normalized spacial score (nSPS) is 10.5. The van der Waals surface area contributed by atoms with E-state index in [2.05, 4.69) is 0 Å². The van der Waals surface area contributed by atoms with Crippen molar-refractivity contribution in [3.8, 4) is 6.07 Å². The average Bonchev–Trinajstić information content (AvgIpc) is 2.52. The Morgan fingerprint density at radius 1 is 0.909 bits per heavy atom. The molecule has 0 aliphatic heterocycles. The molecule has 0 spiro atoms. The van der Waals surface area contributed by atoms with E-state index in [1.807, 2.05) is 6.07 Å². The topological polar surface area (TPSA) is 98.4 Å². The third-order valence-electron chi connectivity index (χ3n) is 3.57. The van der Waals surface area contributed by atoms with E-state index in [0.717, 1.165) is 0 Å². The summed E-state index contributed by atoms with van der Waals surface area (Å²) in [6, 6.07) is 13.0. The first kappa shape index (κ1) is 13.6. The van der Waals surface area contributed by atoms with E-state index in [1.165, 1.54) is 12.1 Å². The minimum Gasteiger partial charge on any atom is -0.478 e. The number of carbonyl (C=O) groups is 2. The Labute approximate surface area is 124 Å². The molecule has 5 nitrogen and oxygen atoms in total. The minimum atomic E-state index is -1.19. The molecule has 0 heterocycles. The number of hydrogen-bond acceptors (Lipinski definition) is 3. The zero-order valence-corrected chi connectivity index (χ0v) is 11.2. The molecule has 0 aliphatic carbocycles. The van der Waals surface area contributed by atoms with E-state index in [1.54, 1.807) is 30.3 Å². The molecule has 22 heavy (non-hydrogen) atoms. The van der Waals surface area contributed by atoms with Crippen LogP contribution in [0.2, 0.25) is 0 Å². The molecule has 0 fully saturated rings. The first-order chi connectivity index (χ1) is 10.5. The molecule has 0 atom stereocenters. The summed E-state index contributed by atoms with van der Waals surface area (Å²) < 4.78 is 0. The van der Waals surface area contributed by atoms with Gasteiger partial charge in [-0.15, -0.1) is 0 Å². The number of nitriles is 1. The fourth-order valence-electron chi connectivity index (χ4n) is 2.63. The highest BCUT2D eigenvalue weighted by Gasteiger charge is 2.18. The number of aromatic carboxylic acids is 2. The van der Waals surface area contributed by atoms with Gasteiger partial charge in [0.05, 0.1) is 22.8 Å². The van der Waals surface area contributed by atoms with Crippen molar-refractivity contribution in [2.75, 3.05) is 0 Å². The molecule has 0 radical (unpaired) electrons. The molecule has 0 unspecified atom stereocenters. The monoisotopic (exact) mass is 291 g/mol. The first-order valence-corrected chi connectivity index (χ1v) is 6.39. The summed E-state index contributed by atoms with van der Waals surface area (Å²) in [4.78, 5) is 22.9. The number of fused-ring (bicyclic) bond motifs is 3. The van der Waals surface area contributed by atoms with Gasteiger partial charge in [-0.3, -0.25) is 0 Å². The maximum Gasteiger partial charge on any atom is 0.336 e. The number of rotatable bonds is 2. The number of nitrogens with zero attached hydrogens (tertiary/aromatic N) is 1. The second-order valence-electron chi connectivity index (χ2n) is 4.81. The highest BCUT2D eigenvalue weighted by Crippen LogP contribution is 2.32. The average molecular weight is 291 g/mol. The van der Waals surface area contributed by atoms with Crippen molar-refractivity contribution in [3.05, 3.63) is 59.2 Å². The van der Waals surface area contributed by atoms with Gasteiger partial charge >= 0.3 is 11.9 Å². The second-order valence-corrected chi connectivity index (χ2v) is 4.81. The quantitative estimate of drug-likeness (QED) is 0.706. The Morgan fingerprint density at radius 2 is 1.64 bits per heavy atom. The van der Waals surface area contributed by atoms with E-state index < -0.39 is 11.9 Å². The van der Waals surface area contributed by atoms with Gasteiger partial charge in [-0.25, -0.2) is 9.59 Å². The van der Waals surface area contributed by atoms with Gasteiger partial charge in [-0.1, -0.05) is 18.2 Å². The van der Waals surface area contributed by atoms with Crippen molar-refractivity contribution in [3.63, 3.8) is 0 Å². The molecular weight excluding hydrogens is 282 g/mol. The van der Waals surface area contributed by atoms with Gasteiger partial charge in [0.1, 0.15) is 0 Å². The largest absolute Gasteiger partial charge is 0.478 e. The molecule has 0 saturated carbocycles. The number of benzene rings is 3. The van der Waals surface area contributed by atoms with Gasteiger partial charge < -0.3 is 10.2 Å². The van der Waals surface area contributed by atoms with Crippen LogP contribution in [0.5, 0.6) is 0 Å². The lowest BCUT2D eigenvalue weighted by Gasteiger charge is -2.10. The van der Waals surface area contributed by atoms with Crippen LogP contribution in [-0.2, 0) is 0 Å².